The lowest BCUT2D eigenvalue weighted by molar-refractivity contribution is -0.133. The predicted octanol–water partition coefficient (Wildman–Crippen LogP) is 1.56. The van der Waals surface area contributed by atoms with Gasteiger partial charge in [-0.3, -0.25) is 0 Å². The van der Waals surface area contributed by atoms with E-state index in [4.69, 9.17) is 0 Å². The number of rotatable bonds is 3. The third-order valence-corrected chi connectivity index (χ3v) is 1.18. The molecule has 0 saturated heterocycles. The van der Waals surface area contributed by atoms with E-state index in [0.29, 0.717) is 0 Å². The number of hydrogen-bond acceptors (Lipinski definition) is 2. The summed E-state index contributed by atoms with van der Waals surface area (Å²) in [4.78, 5) is 10.4. The van der Waals surface area contributed by atoms with Crippen LogP contribution in [0.25, 0.3) is 0 Å². The van der Waals surface area contributed by atoms with Crippen molar-refractivity contribution in [3.8, 4) is 11.8 Å². The molecule has 0 bridgehead atoms. The van der Waals surface area contributed by atoms with Crippen LogP contribution in [0.15, 0.2) is 0 Å². The summed E-state index contributed by atoms with van der Waals surface area (Å²) < 4.78 is 4.33. The second kappa shape index (κ2) is 7.14. The highest BCUT2D eigenvalue weighted by molar-refractivity contribution is 5.88. The molecule has 0 atom stereocenters. The van der Waals surface area contributed by atoms with Gasteiger partial charge in [0.1, 0.15) is 0 Å². The second-order valence-electron chi connectivity index (χ2n) is 2.10. The topological polar surface area (TPSA) is 26.3 Å². The van der Waals surface area contributed by atoms with Gasteiger partial charge in [0.25, 0.3) is 0 Å². The van der Waals surface area contributed by atoms with E-state index in [2.05, 4.69) is 23.5 Å². The van der Waals surface area contributed by atoms with Crippen LogP contribution in [0.2, 0.25) is 0 Å². The number of hydrogen-bond donors (Lipinski definition) is 0. The molecule has 0 saturated carbocycles. The summed E-state index contributed by atoms with van der Waals surface area (Å²) in [6.07, 6.45) is 3.76. The van der Waals surface area contributed by atoms with Crippen LogP contribution in [0, 0.1) is 18.8 Å². The molecule has 0 aromatic carbocycles. The Hall–Kier alpha value is -0.970. The summed E-state index contributed by atoms with van der Waals surface area (Å²) in [6, 6.07) is 0. The van der Waals surface area contributed by atoms with Crippen LogP contribution >= 0.6 is 0 Å². The van der Waals surface area contributed by atoms with E-state index in [1.54, 1.807) is 0 Å². The monoisotopic (exact) mass is 153 g/mol. The fraction of sp³-hybridized carbons (Fsp3) is 0.556. The Bertz CT molecular complexity index is 162. The Balaban J connectivity index is 3.32. The minimum absolute atomic E-state index is 0.459. The first-order chi connectivity index (χ1) is 5.31. The summed E-state index contributed by atoms with van der Waals surface area (Å²) in [5, 5.41) is 0. The van der Waals surface area contributed by atoms with Crippen molar-refractivity contribution in [2.24, 2.45) is 0 Å². The molecular formula is C9H13O2. The Morgan fingerprint density at radius 1 is 1.55 bits per heavy atom. The van der Waals surface area contributed by atoms with Crippen LogP contribution in [0.1, 0.15) is 25.7 Å². The Labute approximate surface area is 67.9 Å². The maximum Gasteiger partial charge on any atom is 0.384 e. The molecule has 1 radical (unpaired) electrons. The van der Waals surface area contributed by atoms with E-state index in [1.165, 1.54) is 7.11 Å². The van der Waals surface area contributed by atoms with Gasteiger partial charge in [0.05, 0.1) is 7.11 Å². The van der Waals surface area contributed by atoms with Crippen LogP contribution in [0.5, 0.6) is 0 Å². The van der Waals surface area contributed by atoms with Gasteiger partial charge in [0.15, 0.2) is 0 Å². The summed E-state index contributed by atoms with van der Waals surface area (Å²) in [5.74, 6) is 4.62. The highest BCUT2D eigenvalue weighted by Crippen LogP contribution is 1.96. The van der Waals surface area contributed by atoms with Crippen molar-refractivity contribution in [3.63, 3.8) is 0 Å². The molecule has 11 heavy (non-hydrogen) atoms. The molecule has 0 unspecified atom stereocenters. The molecule has 2 heteroatoms. The quantitative estimate of drug-likeness (QED) is 0.266. The molecule has 0 rings (SSSR count). The summed E-state index contributed by atoms with van der Waals surface area (Å²) >= 11 is 0. The van der Waals surface area contributed by atoms with E-state index in [0.717, 1.165) is 25.7 Å². The summed E-state index contributed by atoms with van der Waals surface area (Å²) in [6.45, 7) is 3.69. The lowest BCUT2D eigenvalue weighted by Crippen LogP contribution is -1.93. The first-order valence-electron chi connectivity index (χ1n) is 3.67. The van der Waals surface area contributed by atoms with Crippen molar-refractivity contribution in [1.82, 2.24) is 0 Å². The fourth-order valence-corrected chi connectivity index (χ4v) is 0.576. The number of unbranched alkanes of at least 4 members (excludes halogenated alkanes) is 3. The highest BCUT2D eigenvalue weighted by atomic mass is 16.5. The first kappa shape index (κ1) is 10.0. The molecule has 0 amide bonds. The van der Waals surface area contributed by atoms with Crippen LogP contribution in [-0.4, -0.2) is 13.1 Å². The number of carbonyl (C=O) groups is 1. The standard InChI is InChI=1S/C9H13O2/c1-3-4-5-6-7-8-9(10)11-2/h1,3-6H2,2H3. The maximum absolute atomic E-state index is 10.4. The Morgan fingerprint density at radius 3 is 2.82 bits per heavy atom. The molecule has 0 heterocycles. The third-order valence-electron chi connectivity index (χ3n) is 1.18. The van der Waals surface area contributed by atoms with Gasteiger partial charge < -0.3 is 4.74 Å². The molecule has 0 aliphatic carbocycles. The van der Waals surface area contributed by atoms with E-state index in [-0.39, 0.29) is 0 Å². The SMILES string of the molecule is [CH2]CCCCC#CC(=O)OC. The molecule has 0 aromatic rings. The van der Waals surface area contributed by atoms with Gasteiger partial charge in [-0.1, -0.05) is 25.7 Å². The van der Waals surface area contributed by atoms with Gasteiger partial charge in [-0.25, -0.2) is 4.79 Å². The molecule has 0 aromatic heterocycles. The van der Waals surface area contributed by atoms with Gasteiger partial charge in [-0.15, -0.1) is 0 Å². The fourth-order valence-electron chi connectivity index (χ4n) is 0.576. The molecular weight excluding hydrogens is 140 g/mol. The zero-order valence-corrected chi connectivity index (χ0v) is 6.85. The highest BCUT2D eigenvalue weighted by Gasteiger charge is 1.87. The summed E-state index contributed by atoms with van der Waals surface area (Å²) in [5.41, 5.74) is 0. The molecule has 0 spiro atoms. The lowest BCUT2D eigenvalue weighted by Gasteiger charge is -1.88. The largest absolute Gasteiger partial charge is 0.459 e. The number of methoxy groups -OCH3 is 1. The third kappa shape index (κ3) is 6.92. The lowest BCUT2D eigenvalue weighted by atomic mass is 10.2. The van der Waals surface area contributed by atoms with E-state index in [1.807, 2.05) is 0 Å². The van der Waals surface area contributed by atoms with Crippen LogP contribution in [0.3, 0.4) is 0 Å². The zero-order chi connectivity index (χ0) is 8.53. The Kier molecular flexibility index (Phi) is 6.51. The van der Waals surface area contributed by atoms with Crippen molar-refractivity contribution >= 4 is 5.97 Å². The van der Waals surface area contributed by atoms with Gasteiger partial charge >= 0.3 is 5.97 Å². The molecule has 0 aliphatic rings. The maximum atomic E-state index is 10.4. The van der Waals surface area contributed by atoms with Crippen molar-refractivity contribution in [2.75, 3.05) is 7.11 Å². The predicted molar refractivity (Wildman–Crippen MR) is 43.6 cm³/mol. The van der Waals surface area contributed by atoms with E-state index < -0.39 is 5.97 Å². The van der Waals surface area contributed by atoms with Gasteiger partial charge in [0.2, 0.25) is 0 Å². The molecule has 0 N–H and O–H groups in total. The van der Waals surface area contributed by atoms with Gasteiger partial charge in [-0.05, 0) is 6.42 Å². The van der Waals surface area contributed by atoms with Crippen LogP contribution in [-0.2, 0) is 9.53 Å². The minimum atomic E-state index is -0.459. The van der Waals surface area contributed by atoms with Gasteiger partial charge in [0, 0.05) is 12.3 Å². The van der Waals surface area contributed by atoms with Crippen LogP contribution in [0.4, 0.5) is 0 Å². The minimum Gasteiger partial charge on any atom is -0.459 e. The van der Waals surface area contributed by atoms with E-state index >= 15 is 0 Å². The van der Waals surface area contributed by atoms with Crippen molar-refractivity contribution < 1.29 is 9.53 Å². The normalized spacial score (nSPS) is 8.18. The molecule has 0 aliphatic heterocycles. The average molecular weight is 153 g/mol. The average Bonchev–Trinajstić information content (AvgIpc) is 2.04. The van der Waals surface area contributed by atoms with Crippen molar-refractivity contribution in [3.05, 3.63) is 6.92 Å². The first-order valence-corrected chi connectivity index (χ1v) is 3.67. The van der Waals surface area contributed by atoms with Gasteiger partial charge in [-0.2, -0.15) is 0 Å². The number of ether oxygens (including phenoxy) is 1. The smallest absolute Gasteiger partial charge is 0.384 e. The molecule has 2 nitrogen and oxygen atoms in total. The zero-order valence-electron chi connectivity index (χ0n) is 6.85. The Morgan fingerprint density at radius 2 is 2.27 bits per heavy atom. The number of esters is 1. The summed E-state index contributed by atoms with van der Waals surface area (Å²) in [7, 11) is 1.33. The molecule has 0 fully saturated rings. The second-order valence-corrected chi connectivity index (χ2v) is 2.10. The van der Waals surface area contributed by atoms with Crippen molar-refractivity contribution in [1.29, 1.82) is 0 Å². The van der Waals surface area contributed by atoms with Crippen molar-refractivity contribution in [2.45, 2.75) is 25.7 Å². The van der Waals surface area contributed by atoms with E-state index in [9.17, 15) is 4.79 Å². The molecule has 61 valence electrons. The number of carbonyl (C=O) groups excluding carboxylic acids is 1. The van der Waals surface area contributed by atoms with Crippen LogP contribution < -0.4 is 0 Å².